The maximum atomic E-state index is 12.8. The SMILES string of the molecule is C=C[C@@H](O)[C@H](CO[C@H]1O[C@H](COCc2ccccc2)[C@H](OCc2ccccc2)[C@H](OCc2ccccc2)[C@H]1OCc1ccccc1)NC(=O)OC(C)(C)C. The summed E-state index contributed by atoms with van der Waals surface area (Å²) in [6, 6.07) is 38.5. The fourth-order valence-corrected chi connectivity index (χ4v) is 5.93. The average Bonchev–Trinajstić information content (AvgIpc) is 3.18. The third kappa shape index (κ3) is 13.2. The fourth-order valence-electron chi connectivity index (χ4n) is 5.93. The molecule has 0 bridgehead atoms. The lowest BCUT2D eigenvalue weighted by molar-refractivity contribution is -0.329. The zero-order chi connectivity index (χ0) is 38.2. The first-order valence-electron chi connectivity index (χ1n) is 18.3. The standard InChI is InChI=1S/C44H53NO9/c1-5-37(46)36(45-43(47)54-44(2,3)4)30-52-42-41(51-29-35-24-16-9-17-25-35)40(50-28-34-22-14-8-15-23-34)39(49-27-33-20-12-7-13-21-33)38(53-42)31-48-26-32-18-10-6-11-19-32/h5-25,36-42,46H,1,26-31H2,2-4H3,(H,45,47)/t36-,37+,38+,39-,40-,41+,42-/m0/s1. The Morgan fingerprint density at radius 1 is 0.704 bits per heavy atom. The first kappa shape index (κ1) is 40.8. The quantitative estimate of drug-likeness (QED) is 0.0970. The molecule has 288 valence electrons. The molecule has 5 rings (SSSR count). The Bertz CT molecular complexity index is 1650. The number of benzene rings is 4. The van der Waals surface area contributed by atoms with Gasteiger partial charge >= 0.3 is 6.09 Å². The number of amides is 1. The molecule has 0 radical (unpaired) electrons. The van der Waals surface area contributed by atoms with Crippen LogP contribution in [0.25, 0.3) is 0 Å². The highest BCUT2D eigenvalue weighted by molar-refractivity contribution is 5.68. The number of rotatable bonds is 19. The molecule has 0 spiro atoms. The van der Waals surface area contributed by atoms with Crippen LogP contribution >= 0.6 is 0 Å². The number of nitrogens with one attached hydrogen (secondary N) is 1. The maximum Gasteiger partial charge on any atom is 0.408 e. The van der Waals surface area contributed by atoms with Gasteiger partial charge in [0.15, 0.2) is 6.29 Å². The van der Waals surface area contributed by atoms with Gasteiger partial charge in [0.2, 0.25) is 0 Å². The molecular weight excluding hydrogens is 686 g/mol. The number of aliphatic hydroxyl groups is 1. The second-order valence-electron chi connectivity index (χ2n) is 14.1. The molecule has 1 heterocycles. The van der Waals surface area contributed by atoms with Gasteiger partial charge in [0, 0.05) is 0 Å². The van der Waals surface area contributed by atoms with Gasteiger partial charge in [-0.1, -0.05) is 127 Å². The maximum absolute atomic E-state index is 12.8. The minimum absolute atomic E-state index is 0.152. The molecule has 10 heteroatoms. The summed E-state index contributed by atoms with van der Waals surface area (Å²) >= 11 is 0. The molecule has 0 unspecified atom stereocenters. The number of hydrogen-bond donors (Lipinski definition) is 2. The van der Waals surface area contributed by atoms with Crippen LogP contribution in [0.4, 0.5) is 4.79 Å². The summed E-state index contributed by atoms with van der Waals surface area (Å²) in [6.07, 6.45) is -4.40. The molecular formula is C44H53NO9. The zero-order valence-corrected chi connectivity index (χ0v) is 31.3. The third-order valence-electron chi connectivity index (χ3n) is 8.64. The Kier molecular flexibility index (Phi) is 15.8. The van der Waals surface area contributed by atoms with Crippen molar-refractivity contribution in [2.24, 2.45) is 0 Å². The van der Waals surface area contributed by atoms with Crippen molar-refractivity contribution in [3.8, 4) is 0 Å². The lowest BCUT2D eigenvalue weighted by Crippen LogP contribution is -2.62. The molecule has 2 N–H and O–H groups in total. The average molecular weight is 740 g/mol. The second kappa shape index (κ2) is 20.9. The van der Waals surface area contributed by atoms with E-state index in [2.05, 4.69) is 11.9 Å². The van der Waals surface area contributed by atoms with E-state index in [0.717, 1.165) is 22.3 Å². The second-order valence-corrected chi connectivity index (χ2v) is 14.1. The van der Waals surface area contributed by atoms with Crippen LogP contribution < -0.4 is 5.32 Å². The Morgan fingerprint density at radius 2 is 1.15 bits per heavy atom. The monoisotopic (exact) mass is 739 g/mol. The van der Waals surface area contributed by atoms with E-state index in [0.29, 0.717) is 13.2 Å². The normalized spacial score (nSPS) is 21.1. The van der Waals surface area contributed by atoms with E-state index in [-0.39, 0.29) is 26.4 Å². The highest BCUT2D eigenvalue weighted by Gasteiger charge is 2.49. The number of carbonyl (C=O) groups is 1. The van der Waals surface area contributed by atoms with Crippen LogP contribution in [0.3, 0.4) is 0 Å². The topological polar surface area (TPSA) is 114 Å². The van der Waals surface area contributed by atoms with Crippen molar-refractivity contribution in [2.75, 3.05) is 13.2 Å². The van der Waals surface area contributed by atoms with E-state index in [1.54, 1.807) is 20.8 Å². The summed E-state index contributed by atoms with van der Waals surface area (Å²) in [5.74, 6) is 0. The van der Waals surface area contributed by atoms with E-state index >= 15 is 0 Å². The Hall–Kier alpha value is -4.39. The predicted molar refractivity (Wildman–Crippen MR) is 205 cm³/mol. The first-order chi connectivity index (χ1) is 26.2. The number of carbonyl (C=O) groups excluding carboxylic acids is 1. The molecule has 7 atom stereocenters. The van der Waals surface area contributed by atoms with Crippen molar-refractivity contribution in [3.63, 3.8) is 0 Å². The van der Waals surface area contributed by atoms with Gasteiger partial charge in [-0.2, -0.15) is 0 Å². The smallest absolute Gasteiger partial charge is 0.408 e. The molecule has 1 amide bonds. The van der Waals surface area contributed by atoms with Crippen LogP contribution in [0.2, 0.25) is 0 Å². The van der Waals surface area contributed by atoms with E-state index in [4.69, 9.17) is 33.2 Å². The fraction of sp³-hybridized carbons (Fsp3) is 0.386. The Morgan fingerprint density at radius 3 is 1.61 bits per heavy atom. The summed E-state index contributed by atoms with van der Waals surface area (Å²) in [5, 5.41) is 13.6. The van der Waals surface area contributed by atoms with Gasteiger partial charge in [-0.15, -0.1) is 6.58 Å². The molecule has 1 aliphatic heterocycles. The van der Waals surface area contributed by atoms with E-state index < -0.39 is 54.5 Å². The van der Waals surface area contributed by atoms with Gasteiger partial charge in [-0.05, 0) is 43.0 Å². The van der Waals surface area contributed by atoms with Crippen LogP contribution in [0, 0.1) is 0 Å². The van der Waals surface area contributed by atoms with Crippen molar-refractivity contribution in [2.45, 2.75) is 95.7 Å². The summed E-state index contributed by atoms with van der Waals surface area (Å²) in [4.78, 5) is 12.8. The van der Waals surface area contributed by atoms with E-state index in [9.17, 15) is 9.90 Å². The van der Waals surface area contributed by atoms with Crippen LogP contribution in [-0.4, -0.2) is 72.9 Å². The number of aliphatic hydroxyl groups excluding tert-OH is 1. The molecule has 10 nitrogen and oxygen atoms in total. The molecule has 1 aliphatic rings. The Balaban J connectivity index is 1.46. The van der Waals surface area contributed by atoms with Crippen molar-refractivity contribution in [1.29, 1.82) is 0 Å². The third-order valence-corrected chi connectivity index (χ3v) is 8.64. The number of hydrogen-bond acceptors (Lipinski definition) is 9. The summed E-state index contributed by atoms with van der Waals surface area (Å²) in [7, 11) is 0. The van der Waals surface area contributed by atoms with Crippen molar-refractivity contribution >= 4 is 6.09 Å². The van der Waals surface area contributed by atoms with E-state index in [1.165, 1.54) is 6.08 Å². The predicted octanol–water partition coefficient (Wildman–Crippen LogP) is 7.14. The van der Waals surface area contributed by atoms with Gasteiger partial charge < -0.3 is 43.6 Å². The van der Waals surface area contributed by atoms with Crippen LogP contribution in [0.1, 0.15) is 43.0 Å². The molecule has 4 aromatic rings. The molecule has 1 saturated heterocycles. The largest absolute Gasteiger partial charge is 0.444 e. The van der Waals surface area contributed by atoms with Crippen LogP contribution in [0.15, 0.2) is 134 Å². The lowest BCUT2D eigenvalue weighted by Gasteiger charge is -2.46. The number of ether oxygens (including phenoxy) is 7. The van der Waals surface area contributed by atoms with Crippen LogP contribution in [0.5, 0.6) is 0 Å². The van der Waals surface area contributed by atoms with Gasteiger partial charge in [-0.3, -0.25) is 0 Å². The minimum Gasteiger partial charge on any atom is -0.444 e. The molecule has 1 fully saturated rings. The molecule has 0 aliphatic carbocycles. The van der Waals surface area contributed by atoms with Gasteiger partial charge in [-0.25, -0.2) is 4.79 Å². The Labute approximate surface area is 319 Å². The van der Waals surface area contributed by atoms with Crippen molar-refractivity contribution in [3.05, 3.63) is 156 Å². The first-order valence-corrected chi connectivity index (χ1v) is 18.3. The van der Waals surface area contributed by atoms with Crippen LogP contribution in [-0.2, 0) is 59.6 Å². The van der Waals surface area contributed by atoms with Crippen molar-refractivity contribution in [1.82, 2.24) is 5.32 Å². The summed E-state index contributed by atoms with van der Waals surface area (Å²) in [6.45, 7) is 10.1. The number of alkyl carbamates (subject to hydrolysis) is 1. The van der Waals surface area contributed by atoms with Gasteiger partial charge in [0.25, 0.3) is 0 Å². The van der Waals surface area contributed by atoms with E-state index in [1.807, 2.05) is 121 Å². The van der Waals surface area contributed by atoms with Gasteiger partial charge in [0.1, 0.15) is 30.0 Å². The van der Waals surface area contributed by atoms with Gasteiger partial charge in [0.05, 0.1) is 51.8 Å². The zero-order valence-electron chi connectivity index (χ0n) is 31.3. The molecule has 54 heavy (non-hydrogen) atoms. The highest BCUT2D eigenvalue weighted by Crippen LogP contribution is 2.32. The lowest BCUT2D eigenvalue weighted by atomic mass is 9.97. The molecule has 4 aromatic carbocycles. The highest BCUT2D eigenvalue weighted by atomic mass is 16.7. The minimum atomic E-state index is -1.15. The summed E-state index contributed by atoms with van der Waals surface area (Å²) < 4.78 is 45.1. The molecule has 0 aromatic heterocycles. The summed E-state index contributed by atoms with van der Waals surface area (Å²) in [5.41, 5.74) is 3.16. The molecule has 0 saturated carbocycles. The van der Waals surface area contributed by atoms with Crippen molar-refractivity contribution < 1.29 is 43.1 Å².